The van der Waals surface area contributed by atoms with Gasteiger partial charge >= 0.3 is 0 Å². The van der Waals surface area contributed by atoms with Crippen LogP contribution in [0.2, 0.25) is 0 Å². The molecule has 0 spiro atoms. The fourth-order valence-corrected chi connectivity index (χ4v) is 6.76. The van der Waals surface area contributed by atoms with Gasteiger partial charge in [-0.3, -0.25) is 0 Å². The van der Waals surface area contributed by atoms with Crippen LogP contribution >= 0.6 is 0 Å². The highest BCUT2D eigenvalue weighted by molar-refractivity contribution is 6.14. The van der Waals surface area contributed by atoms with Crippen molar-refractivity contribution < 1.29 is 0 Å². The zero-order valence-corrected chi connectivity index (χ0v) is 17.8. The Morgan fingerprint density at radius 3 is 1.42 bits per heavy atom. The molecule has 0 saturated heterocycles. The highest BCUT2D eigenvalue weighted by Gasteiger charge is 2.37. The molecule has 2 aliphatic heterocycles. The van der Waals surface area contributed by atoms with E-state index in [1.54, 1.807) is 0 Å². The maximum absolute atomic E-state index is 2.51. The molecule has 2 nitrogen and oxygen atoms in total. The number of rotatable bonds is 0. The third kappa shape index (κ3) is 1.70. The van der Waals surface area contributed by atoms with Crippen molar-refractivity contribution in [2.45, 2.75) is 5.92 Å². The summed E-state index contributed by atoms with van der Waals surface area (Å²) in [7, 11) is 0. The lowest BCUT2D eigenvalue weighted by atomic mass is 9.78. The number of para-hydroxylation sites is 4. The molecule has 2 aliphatic rings. The van der Waals surface area contributed by atoms with Gasteiger partial charge in [-0.1, -0.05) is 78.9 Å². The van der Waals surface area contributed by atoms with Crippen molar-refractivity contribution >= 4 is 43.6 Å². The zero-order chi connectivity index (χ0) is 21.3. The molecule has 0 unspecified atom stereocenters. The zero-order valence-electron chi connectivity index (χ0n) is 17.8. The van der Waals surface area contributed by atoms with Crippen LogP contribution in [-0.2, 0) is 0 Å². The molecule has 9 rings (SSSR count). The van der Waals surface area contributed by atoms with Crippen LogP contribution in [0.15, 0.2) is 103 Å². The highest BCUT2D eigenvalue weighted by atomic mass is 15.0. The predicted molar refractivity (Wildman–Crippen MR) is 136 cm³/mol. The van der Waals surface area contributed by atoms with E-state index in [-0.39, 0.29) is 5.92 Å². The van der Waals surface area contributed by atoms with Crippen LogP contribution in [0.1, 0.15) is 22.6 Å². The third-order valence-corrected chi connectivity index (χ3v) is 7.90. The molecule has 0 N–H and O–H groups in total. The lowest BCUT2D eigenvalue weighted by molar-refractivity contribution is 0.884. The van der Waals surface area contributed by atoms with Gasteiger partial charge in [0.15, 0.2) is 0 Å². The highest BCUT2D eigenvalue weighted by Crippen LogP contribution is 2.53. The lowest BCUT2D eigenvalue weighted by Gasteiger charge is -2.35. The summed E-state index contributed by atoms with van der Waals surface area (Å²) in [5.74, 6) is 0.234. The van der Waals surface area contributed by atoms with Crippen molar-refractivity contribution in [3.05, 3.63) is 120 Å². The predicted octanol–water partition coefficient (Wildman–Crippen LogP) is 7.69. The van der Waals surface area contributed by atoms with Crippen molar-refractivity contribution in [2.24, 2.45) is 0 Å². The Kier molecular flexibility index (Phi) is 2.66. The van der Waals surface area contributed by atoms with Crippen LogP contribution in [0, 0.1) is 0 Å². The molecule has 0 atom stereocenters. The molecule has 4 heterocycles. The van der Waals surface area contributed by atoms with Crippen LogP contribution < -0.4 is 0 Å². The van der Waals surface area contributed by atoms with Crippen molar-refractivity contribution in [3.63, 3.8) is 0 Å². The largest absolute Gasteiger partial charge is 0.309 e. The molecule has 0 fully saturated rings. The molecule has 0 saturated carbocycles. The fourth-order valence-electron chi connectivity index (χ4n) is 6.76. The molecular formula is C31H18N2. The van der Waals surface area contributed by atoms with Gasteiger partial charge in [-0.25, -0.2) is 0 Å². The number of hydrogen-bond acceptors (Lipinski definition) is 0. The molecule has 0 bridgehead atoms. The topological polar surface area (TPSA) is 9.86 Å². The van der Waals surface area contributed by atoms with Crippen LogP contribution in [0.4, 0.5) is 0 Å². The van der Waals surface area contributed by atoms with Crippen LogP contribution in [0.25, 0.3) is 55.0 Å². The van der Waals surface area contributed by atoms with Crippen LogP contribution in [0.5, 0.6) is 0 Å². The van der Waals surface area contributed by atoms with E-state index in [9.17, 15) is 0 Å². The normalized spacial score (nSPS) is 13.9. The average Bonchev–Trinajstić information content (AvgIpc) is 3.39. The monoisotopic (exact) mass is 418 g/mol. The molecular weight excluding hydrogens is 400 g/mol. The third-order valence-electron chi connectivity index (χ3n) is 7.90. The first-order valence-corrected chi connectivity index (χ1v) is 11.6. The standard InChI is InChI=1S/C31H18N2/c1-3-14-24-18(8-1)20-10-5-12-22-28-23-13-6-11-21-19-9-2-4-15-25(19)33(31(21)23)27-17-7-16-26(29(27)28)32(24)30(20)22/h1-17,28H. The smallest absolute Gasteiger partial charge is 0.0582 e. The lowest BCUT2D eigenvalue weighted by Crippen LogP contribution is -2.21. The fraction of sp³-hybridized carbons (Fsp3) is 0.0323. The van der Waals surface area contributed by atoms with Gasteiger partial charge in [0, 0.05) is 33.0 Å². The van der Waals surface area contributed by atoms with Crippen molar-refractivity contribution in [2.75, 3.05) is 0 Å². The van der Waals surface area contributed by atoms with E-state index in [4.69, 9.17) is 0 Å². The molecule has 0 radical (unpaired) electrons. The molecule has 152 valence electrons. The summed E-state index contributed by atoms with van der Waals surface area (Å²) in [6, 6.07) is 38.3. The molecule has 33 heavy (non-hydrogen) atoms. The molecule has 2 aromatic heterocycles. The van der Waals surface area contributed by atoms with E-state index in [0.717, 1.165) is 0 Å². The first-order valence-electron chi connectivity index (χ1n) is 11.6. The van der Waals surface area contributed by atoms with E-state index >= 15 is 0 Å². The molecule has 0 aliphatic carbocycles. The Hall–Kier alpha value is -4.30. The summed E-state index contributed by atoms with van der Waals surface area (Å²) in [5.41, 5.74) is 12.1. The van der Waals surface area contributed by atoms with E-state index < -0.39 is 0 Å². The summed E-state index contributed by atoms with van der Waals surface area (Å²) in [6.07, 6.45) is 0. The number of nitrogens with zero attached hydrogens (tertiary/aromatic N) is 2. The Bertz CT molecular complexity index is 1840. The van der Waals surface area contributed by atoms with E-state index in [1.165, 1.54) is 71.7 Å². The molecule has 7 aromatic rings. The number of aromatic nitrogens is 2. The summed E-state index contributed by atoms with van der Waals surface area (Å²) >= 11 is 0. The first kappa shape index (κ1) is 16.3. The van der Waals surface area contributed by atoms with Crippen LogP contribution in [-0.4, -0.2) is 9.13 Å². The summed E-state index contributed by atoms with van der Waals surface area (Å²) < 4.78 is 5.01. The van der Waals surface area contributed by atoms with Crippen molar-refractivity contribution in [1.82, 2.24) is 9.13 Å². The van der Waals surface area contributed by atoms with Gasteiger partial charge < -0.3 is 9.13 Å². The van der Waals surface area contributed by atoms with E-state index in [1.807, 2.05) is 0 Å². The molecule has 2 heteroatoms. The quantitative estimate of drug-likeness (QED) is 0.239. The minimum Gasteiger partial charge on any atom is -0.309 e. The van der Waals surface area contributed by atoms with Gasteiger partial charge in [0.2, 0.25) is 0 Å². The Labute approximate surface area is 189 Å². The summed E-state index contributed by atoms with van der Waals surface area (Å²) in [4.78, 5) is 0. The minimum atomic E-state index is 0.234. The van der Waals surface area contributed by atoms with Gasteiger partial charge in [0.05, 0.1) is 33.4 Å². The second kappa shape index (κ2) is 5.36. The minimum absolute atomic E-state index is 0.234. The van der Waals surface area contributed by atoms with Crippen LogP contribution in [0.3, 0.4) is 0 Å². The second-order valence-corrected chi connectivity index (χ2v) is 9.33. The van der Waals surface area contributed by atoms with Gasteiger partial charge in [-0.15, -0.1) is 0 Å². The van der Waals surface area contributed by atoms with Gasteiger partial charge in [0.1, 0.15) is 0 Å². The summed E-state index contributed by atoms with van der Waals surface area (Å²) in [5, 5.41) is 5.35. The molecule has 0 amide bonds. The van der Waals surface area contributed by atoms with Gasteiger partial charge in [-0.05, 0) is 35.4 Å². The maximum Gasteiger partial charge on any atom is 0.0582 e. The van der Waals surface area contributed by atoms with E-state index in [0.29, 0.717) is 0 Å². The van der Waals surface area contributed by atoms with Gasteiger partial charge in [-0.2, -0.15) is 0 Å². The molecule has 5 aromatic carbocycles. The van der Waals surface area contributed by atoms with Crippen molar-refractivity contribution in [1.29, 1.82) is 0 Å². The Balaban J connectivity index is 1.59. The Morgan fingerprint density at radius 1 is 0.424 bits per heavy atom. The number of benzene rings is 5. The summed E-state index contributed by atoms with van der Waals surface area (Å²) in [6.45, 7) is 0. The maximum atomic E-state index is 2.51. The van der Waals surface area contributed by atoms with Gasteiger partial charge in [0.25, 0.3) is 0 Å². The second-order valence-electron chi connectivity index (χ2n) is 9.33. The Morgan fingerprint density at radius 2 is 0.879 bits per heavy atom. The number of fused-ring (bicyclic) bond motifs is 10. The first-order chi connectivity index (χ1) is 16.4. The van der Waals surface area contributed by atoms with Crippen molar-refractivity contribution in [3.8, 4) is 11.4 Å². The average molecular weight is 418 g/mol. The SMILES string of the molecule is c1cc2c3c(c1)-n1c4ccccc4c4cccc(c41)C3c1cccc3c4ccccc4n-2c13. The number of hydrogen-bond donors (Lipinski definition) is 0. The van der Waals surface area contributed by atoms with E-state index in [2.05, 4.69) is 112 Å².